The molecule has 0 saturated heterocycles. The minimum Gasteiger partial charge on any atom is -0.298 e. The van der Waals surface area contributed by atoms with Gasteiger partial charge in [0.05, 0.1) is 10.2 Å². The lowest BCUT2D eigenvalue weighted by Crippen LogP contribution is -2.11. The summed E-state index contributed by atoms with van der Waals surface area (Å²) in [6.07, 6.45) is 2.18. The fourth-order valence-corrected chi connectivity index (χ4v) is 4.69. The Morgan fingerprint density at radius 1 is 1.08 bits per heavy atom. The van der Waals surface area contributed by atoms with E-state index < -0.39 is 0 Å². The number of thiazole rings is 1. The molecular weight excluding hydrogens is 352 g/mol. The Morgan fingerprint density at radius 3 is 2.80 bits per heavy atom. The lowest BCUT2D eigenvalue weighted by molar-refractivity contribution is 0.102. The summed E-state index contributed by atoms with van der Waals surface area (Å²) in [6, 6.07) is 15.5. The number of carbonyl (C=O) groups is 1. The van der Waals surface area contributed by atoms with Gasteiger partial charge in [-0.2, -0.15) is 0 Å². The van der Waals surface area contributed by atoms with Crippen molar-refractivity contribution in [2.75, 3.05) is 5.32 Å². The number of aryl methyl sites for hydroxylation is 2. The molecule has 0 unspecified atom stereocenters. The predicted molar refractivity (Wildman–Crippen MR) is 104 cm³/mol. The van der Waals surface area contributed by atoms with Crippen LogP contribution >= 0.6 is 22.9 Å². The van der Waals surface area contributed by atoms with Crippen molar-refractivity contribution >= 4 is 55.0 Å². The number of benzene rings is 3. The number of nitrogens with zero attached hydrogens (tertiary/aromatic N) is 1. The quantitative estimate of drug-likeness (QED) is 0.513. The fraction of sp³-hybridized carbons (Fsp3) is 0.100. The molecule has 0 saturated carbocycles. The molecule has 3 aromatic carbocycles. The van der Waals surface area contributed by atoms with Crippen LogP contribution < -0.4 is 5.32 Å². The second-order valence-corrected chi connectivity index (χ2v) is 7.67. The van der Waals surface area contributed by atoms with Crippen LogP contribution in [0.15, 0.2) is 48.5 Å². The molecule has 25 heavy (non-hydrogen) atoms. The van der Waals surface area contributed by atoms with E-state index in [2.05, 4.69) is 29.6 Å². The molecule has 5 heteroatoms. The normalized spacial score (nSPS) is 12.8. The molecule has 1 aliphatic carbocycles. The molecular formula is C20H13ClN2OS. The van der Waals surface area contributed by atoms with Crippen LogP contribution in [-0.2, 0) is 12.8 Å². The third-order valence-corrected chi connectivity index (χ3v) is 5.81. The first-order valence-electron chi connectivity index (χ1n) is 8.10. The van der Waals surface area contributed by atoms with Gasteiger partial charge in [0.1, 0.15) is 0 Å². The third kappa shape index (κ3) is 2.41. The van der Waals surface area contributed by atoms with Crippen LogP contribution in [0.25, 0.3) is 21.0 Å². The van der Waals surface area contributed by atoms with E-state index >= 15 is 0 Å². The fourth-order valence-electron chi connectivity index (χ4n) is 3.56. The van der Waals surface area contributed by atoms with E-state index in [0.717, 1.165) is 23.1 Å². The number of nitrogens with one attached hydrogen (secondary N) is 1. The molecule has 122 valence electrons. The van der Waals surface area contributed by atoms with E-state index in [9.17, 15) is 4.79 Å². The molecule has 1 aliphatic rings. The maximum absolute atomic E-state index is 12.4. The van der Waals surface area contributed by atoms with Crippen molar-refractivity contribution in [2.24, 2.45) is 0 Å². The molecule has 0 aliphatic heterocycles. The molecule has 3 nitrogen and oxygen atoms in total. The summed E-state index contributed by atoms with van der Waals surface area (Å²) in [7, 11) is 0. The van der Waals surface area contributed by atoms with Gasteiger partial charge in [0.2, 0.25) is 0 Å². The van der Waals surface area contributed by atoms with E-state index in [1.54, 1.807) is 24.3 Å². The standard InChI is InChI=1S/C20H13ClN2OS/c21-14-5-1-4-13(9-14)19(24)23-20-22-18-15-6-2-3-11-7-8-12(17(11)15)10-16(18)25-20/h1-6,9-10H,7-8H2,(H,22,23,24). The number of hydrogen-bond acceptors (Lipinski definition) is 3. The Kier molecular flexibility index (Phi) is 3.30. The van der Waals surface area contributed by atoms with Gasteiger partial charge in [0.25, 0.3) is 5.91 Å². The maximum atomic E-state index is 12.4. The van der Waals surface area contributed by atoms with Crippen LogP contribution in [0.4, 0.5) is 5.13 Å². The van der Waals surface area contributed by atoms with Gasteiger partial charge in [-0.25, -0.2) is 4.98 Å². The number of aromatic nitrogens is 1. The van der Waals surface area contributed by atoms with E-state index in [1.807, 2.05) is 0 Å². The van der Waals surface area contributed by atoms with Crippen LogP contribution in [0.2, 0.25) is 5.02 Å². The molecule has 1 amide bonds. The second kappa shape index (κ2) is 5.55. The molecule has 0 bridgehead atoms. The zero-order chi connectivity index (χ0) is 17.0. The first-order chi connectivity index (χ1) is 12.2. The van der Waals surface area contributed by atoms with Gasteiger partial charge in [0, 0.05) is 16.0 Å². The second-order valence-electron chi connectivity index (χ2n) is 6.21. The van der Waals surface area contributed by atoms with Crippen LogP contribution in [0.1, 0.15) is 21.5 Å². The van der Waals surface area contributed by atoms with E-state index in [-0.39, 0.29) is 5.91 Å². The van der Waals surface area contributed by atoms with E-state index in [0.29, 0.717) is 15.7 Å². The van der Waals surface area contributed by atoms with Gasteiger partial charge in [-0.05, 0) is 53.6 Å². The number of rotatable bonds is 2. The van der Waals surface area contributed by atoms with Crippen molar-refractivity contribution in [1.29, 1.82) is 0 Å². The summed E-state index contributed by atoms with van der Waals surface area (Å²) < 4.78 is 1.11. The number of fused-ring (bicyclic) bond motifs is 2. The van der Waals surface area contributed by atoms with Gasteiger partial charge >= 0.3 is 0 Å². The number of carbonyl (C=O) groups excluding carboxylic acids is 1. The predicted octanol–water partition coefficient (Wildman–Crippen LogP) is 5.45. The first kappa shape index (κ1) is 14.9. The lowest BCUT2D eigenvalue weighted by Gasteiger charge is -2.02. The van der Waals surface area contributed by atoms with Crippen molar-refractivity contribution in [3.63, 3.8) is 0 Å². The molecule has 1 heterocycles. The van der Waals surface area contributed by atoms with Crippen LogP contribution in [0, 0.1) is 0 Å². The van der Waals surface area contributed by atoms with E-state index in [1.165, 1.54) is 33.2 Å². The largest absolute Gasteiger partial charge is 0.298 e. The van der Waals surface area contributed by atoms with Gasteiger partial charge in [-0.1, -0.05) is 47.2 Å². The Labute approximate surface area is 153 Å². The summed E-state index contributed by atoms with van der Waals surface area (Å²) >= 11 is 7.48. The average Bonchev–Trinajstić information content (AvgIpc) is 3.20. The smallest absolute Gasteiger partial charge is 0.257 e. The van der Waals surface area contributed by atoms with Gasteiger partial charge in [0.15, 0.2) is 5.13 Å². The Balaban J connectivity index is 1.58. The molecule has 5 rings (SSSR count). The molecule has 0 fully saturated rings. The number of amides is 1. The van der Waals surface area contributed by atoms with Crippen LogP contribution in [-0.4, -0.2) is 10.9 Å². The third-order valence-electron chi connectivity index (χ3n) is 4.66. The van der Waals surface area contributed by atoms with Crippen molar-refractivity contribution in [3.8, 4) is 0 Å². The number of halogens is 1. The molecule has 1 aromatic heterocycles. The highest BCUT2D eigenvalue weighted by Gasteiger charge is 2.19. The van der Waals surface area contributed by atoms with Crippen LogP contribution in [0.3, 0.4) is 0 Å². The summed E-state index contributed by atoms with van der Waals surface area (Å²) in [5.41, 5.74) is 4.27. The minimum atomic E-state index is -0.195. The van der Waals surface area contributed by atoms with Crippen molar-refractivity contribution in [1.82, 2.24) is 4.98 Å². The highest BCUT2D eigenvalue weighted by molar-refractivity contribution is 7.22. The zero-order valence-electron chi connectivity index (χ0n) is 13.2. The highest BCUT2D eigenvalue weighted by atomic mass is 35.5. The van der Waals surface area contributed by atoms with Crippen molar-refractivity contribution < 1.29 is 4.79 Å². The Hall–Kier alpha value is -2.43. The van der Waals surface area contributed by atoms with Gasteiger partial charge in [-0.3, -0.25) is 10.1 Å². The number of anilines is 1. The van der Waals surface area contributed by atoms with Crippen molar-refractivity contribution in [3.05, 3.63) is 70.2 Å². The minimum absolute atomic E-state index is 0.195. The highest BCUT2D eigenvalue weighted by Crippen LogP contribution is 2.39. The topological polar surface area (TPSA) is 42.0 Å². The van der Waals surface area contributed by atoms with Gasteiger partial charge < -0.3 is 0 Å². The lowest BCUT2D eigenvalue weighted by atomic mass is 10.0. The monoisotopic (exact) mass is 364 g/mol. The molecule has 4 aromatic rings. The molecule has 1 N–H and O–H groups in total. The first-order valence-corrected chi connectivity index (χ1v) is 9.29. The van der Waals surface area contributed by atoms with Crippen molar-refractivity contribution in [2.45, 2.75) is 12.8 Å². The molecule has 0 radical (unpaired) electrons. The Morgan fingerprint density at radius 2 is 1.92 bits per heavy atom. The molecule has 0 atom stereocenters. The zero-order valence-corrected chi connectivity index (χ0v) is 14.7. The Bertz CT molecular complexity index is 1170. The SMILES string of the molecule is O=C(Nc1nc2c(cc3c4c(cccc42)CC3)s1)c1cccc(Cl)c1. The van der Waals surface area contributed by atoms with E-state index in [4.69, 9.17) is 16.6 Å². The average molecular weight is 365 g/mol. The summed E-state index contributed by atoms with van der Waals surface area (Å²) in [4.78, 5) is 17.1. The number of hydrogen-bond donors (Lipinski definition) is 1. The summed E-state index contributed by atoms with van der Waals surface area (Å²) in [5, 5.41) is 6.58. The molecule has 0 spiro atoms. The summed E-state index contributed by atoms with van der Waals surface area (Å²) in [6.45, 7) is 0. The van der Waals surface area contributed by atoms with Gasteiger partial charge in [-0.15, -0.1) is 0 Å². The maximum Gasteiger partial charge on any atom is 0.257 e. The summed E-state index contributed by atoms with van der Waals surface area (Å²) in [5.74, 6) is -0.195. The van der Waals surface area contributed by atoms with Crippen LogP contribution in [0.5, 0.6) is 0 Å².